The molecule has 18 heavy (non-hydrogen) atoms. The average molecular weight is 251 g/mol. The molecule has 0 amide bonds. The molecule has 1 saturated heterocycles. The molecule has 1 heterocycles. The van der Waals surface area contributed by atoms with Crippen LogP contribution in [0.4, 0.5) is 4.39 Å². The second-order valence-corrected chi connectivity index (χ2v) is 4.54. The molecule has 0 aliphatic carbocycles. The highest BCUT2D eigenvalue weighted by molar-refractivity contribution is 5.99. The van der Waals surface area contributed by atoms with Gasteiger partial charge in [0, 0.05) is 13.0 Å². The molecule has 0 saturated carbocycles. The third-order valence-electron chi connectivity index (χ3n) is 3.33. The lowest BCUT2D eigenvalue weighted by Crippen LogP contribution is -2.23. The van der Waals surface area contributed by atoms with Crippen molar-refractivity contribution in [3.63, 3.8) is 0 Å². The van der Waals surface area contributed by atoms with Crippen LogP contribution in [0.3, 0.4) is 0 Å². The summed E-state index contributed by atoms with van der Waals surface area (Å²) in [5.74, 6) is -0.362. The first-order valence-electron chi connectivity index (χ1n) is 6.30. The summed E-state index contributed by atoms with van der Waals surface area (Å²) in [7, 11) is 1.45. The van der Waals surface area contributed by atoms with Crippen molar-refractivity contribution in [1.29, 1.82) is 0 Å². The summed E-state index contributed by atoms with van der Waals surface area (Å²) in [5, 5.41) is 0. The van der Waals surface area contributed by atoms with Crippen molar-refractivity contribution in [3.05, 3.63) is 29.6 Å². The Hall–Kier alpha value is -1.42. The highest BCUT2D eigenvalue weighted by atomic mass is 19.1. The van der Waals surface area contributed by atoms with Crippen molar-refractivity contribution >= 4 is 5.78 Å². The van der Waals surface area contributed by atoms with Gasteiger partial charge in [0.2, 0.25) is 0 Å². The summed E-state index contributed by atoms with van der Waals surface area (Å²) in [4.78, 5) is 14.3. The van der Waals surface area contributed by atoms with Crippen molar-refractivity contribution in [2.24, 2.45) is 0 Å². The van der Waals surface area contributed by atoms with Crippen LogP contribution in [0.1, 0.15) is 29.6 Å². The molecule has 0 bridgehead atoms. The SMILES string of the molecule is COc1cccc(F)c1C(=O)CCN1CCCC1. The van der Waals surface area contributed by atoms with Crippen molar-refractivity contribution < 1.29 is 13.9 Å². The number of nitrogens with zero attached hydrogens (tertiary/aromatic N) is 1. The molecule has 0 aromatic heterocycles. The number of Topliss-reactive ketones (excluding diaryl/α,β-unsaturated/α-hetero) is 1. The van der Waals surface area contributed by atoms with Gasteiger partial charge in [0.25, 0.3) is 0 Å². The molecule has 0 radical (unpaired) electrons. The molecule has 0 N–H and O–H groups in total. The lowest BCUT2D eigenvalue weighted by atomic mass is 10.1. The zero-order chi connectivity index (χ0) is 13.0. The van der Waals surface area contributed by atoms with Crippen LogP contribution in [0.25, 0.3) is 0 Å². The van der Waals surface area contributed by atoms with Crippen molar-refractivity contribution in [2.75, 3.05) is 26.7 Å². The minimum atomic E-state index is -0.499. The molecular formula is C14H18FNO2. The lowest BCUT2D eigenvalue weighted by Gasteiger charge is -2.14. The highest BCUT2D eigenvalue weighted by Crippen LogP contribution is 2.23. The van der Waals surface area contributed by atoms with Crippen LogP contribution in [0, 0.1) is 5.82 Å². The summed E-state index contributed by atoms with van der Waals surface area (Å²) in [5.41, 5.74) is 0.0826. The molecule has 3 nitrogen and oxygen atoms in total. The first-order chi connectivity index (χ1) is 8.72. The molecule has 2 rings (SSSR count). The van der Waals surface area contributed by atoms with Crippen LogP contribution in [-0.4, -0.2) is 37.4 Å². The van der Waals surface area contributed by atoms with Gasteiger partial charge in [-0.2, -0.15) is 0 Å². The topological polar surface area (TPSA) is 29.5 Å². The van der Waals surface area contributed by atoms with Crippen molar-refractivity contribution in [1.82, 2.24) is 4.90 Å². The maximum Gasteiger partial charge on any atom is 0.170 e. The number of ether oxygens (including phenoxy) is 1. The smallest absolute Gasteiger partial charge is 0.170 e. The zero-order valence-electron chi connectivity index (χ0n) is 10.6. The van der Waals surface area contributed by atoms with E-state index in [4.69, 9.17) is 4.74 Å². The Morgan fingerprint density at radius 2 is 2.11 bits per heavy atom. The van der Waals surface area contributed by atoms with Gasteiger partial charge in [-0.1, -0.05) is 6.07 Å². The van der Waals surface area contributed by atoms with Crippen LogP contribution < -0.4 is 4.74 Å². The number of likely N-dealkylation sites (tertiary alicyclic amines) is 1. The fraction of sp³-hybridized carbons (Fsp3) is 0.500. The summed E-state index contributed by atoms with van der Waals surface area (Å²) < 4.78 is 18.7. The van der Waals surface area contributed by atoms with E-state index in [0.717, 1.165) is 13.1 Å². The first-order valence-corrected chi connectivity index (χ1v) is 6.30. The molecule has 1 fully saturated rings. The van der Waals surface area contributed by atoms with E-state index >= 15 is 0 Å². The normalized spacial score (nSPS) is 15.9. The largest absolute Gasteiger partial charge is 0.496 e. The minimum Gasteiger partial charge on any atom is -0.496 e. The average Bonchev–Trinajstić information content (AvgIpc) is 2.88. The third kappa shape index (κ3) is 2.88. The number of hydrogen-bond acceptors (Lipinski definition) is 3. The molecule has 98 valence electrons. The molecule has 1 aromatic carbocycles. The van der Waals surface area contributed by atoms with Crippen LogP contribution in [-0.2, 0) is 0 Å². The lowest BCUT2D eigenvalue weighted by molar-refractivity contribution is 0.0961. The van der Waals surface area contributed by atoms with Crippen molar-refractivity contribution in [3.8, 4) is 5.75 Å². The molecule has 4 heteroatoms. The molecular weight excluding hydrogens is 233 g/mol. The van der Waals surface area contributed by atoms with E-state index in [9.17, 15) is 9.18 Å². The van der Waals surface area contributed by atoms with Crippen LogP contribution in [0.15, 0.2) is 18.2 Å². The van der Waals surface area contributed by atoms with E-state index in [0.29, 0.717) is 18.7 Å². The Morgan fingerprint density at radius 1 is 1.39 bits per heavy atom. The van der Waals surface area contributed by atoms with E-state index < -0.39 is 5.82 Å². The number of methoxy groups -OCH3 is 1. The molecule has 0 unspecified atom stereocenters. The maximum atomic E-state index is 13.7. The number of ketones is 1. The number of benzene rings is 1. The monoisotopic (exact) mass is 251 g/mol. The Kier molecular flexibility index (Phi) is 4.31. The van der Waals surface area contributed by atoms with Gasteiger partial charge in [-0.15, -0.1) is 0 Å². The number of carbonyl (C=O) groups excluding carboxylic acids is 1. The summed E-state index contributed by atoms with van der Waals surface area (Å²) in [6, 6.07) is 4.46. The molecule has 1 aliphatic rings. The summed E-state index contributed by atoms with van der Waals surface area (Å²) in [6.07, 6.45) is 2.73. The fourth-order valence-corrected chi connectivity index (χ4v) is 2.34. The molecule has 1 aromatic rings. The van der Waals surface area contributed by atoms with Crippen LogP contribution >= 0.6 is 0 Å². The van der Waals surface area contributed by atoms with E-state index in [-0.39, 0.29) is 11.3 Å². The van der Waals surface area contributed by atoms with Gasteiger partial charge in [-0.05, 0) is 38.1 Å². The standard InChI is InChI=1S/C14H18FNO2/c1-18-13-6-4-5-11(15)14(13)12(17)7-10-16-8-2-3-9-16/h4-6H,2-3,7-10H2,1H3. The highest BCUT2D eigenvalue weighted by Gasteiger charge is 2.19. The van der Waals surface area contributed by atoms with Crippen LogP contribution in [0.2, 0.25) is 0 Å². The minimum absolute atomic E-state index is 0.0826. The van der Waals surface area contributed by atoms with Crippen LogP contribution in [0.5, 0.6) is 5.75 Å². The van der Waals surface area contributed by atoms with Gasteiger partial charge in [0.1, 0.15) is 11.6 Å². The molecule has 0 spiro atoms. The Morgan fingerprint density at radius 3 is 2.78 bits per heavy atom. The molecule has 0 atom stereocenters. The Balaban J connectivity index is 2.03. The van der Waals surface area contributed by atoms with Gasteiger partial charge in [-0.3, -0.25) is 4.79 Å². The van der Waals surface area contributed by atoms with Gasteiger partial charge < -0.3 is 9.64 Å². The van der Waals surface area contributed by atoms with E-state index in [2.05, 4.69) is 4.90 Å². The summed E-state index contributed by atoms with van der Waals surface area (Å²) >= 11 is 0. The number of hydrogen-bond donors (Lipinski definition) is 0. The van der Waals surface area contributed by atoms with Gasteiger partial charge in [0.15, 0.2) is 5.78 Å². The predicted octanol–water partition coefficient (Wildman–Crippen LogP) is 2.50. The number of rotatable bonds is 5. The number of halogens is 1. The second kappa shape index (κ2) is 5.96. The van der Waals surface area contributed by atoms with E-state index in [1.54, 1.807) is 12.1 Å². The Labute approximate surface area is 107 Å². The summed E-state index contributed by atoms with van der Waals surface area (Å²) in [6.45, 7) is 2.79. The van der Waals surface area contributed by atoms with Gasteiger partial charge >= 0.3 is 0 Å². The quantitative estimate of drug-likeness (QED) is 0.753. The fourth-order valence-electron chi connectivity index (χ4n) is 2.34. The first kappa shape index (κ1) is 13.0. The second-order valence-electron chi connectivity index (χ2n) is 4.54. The van der Waals surface area contributed by atoms with Gasteiger partial charge in [-0.25, -0.2) is 4.39 Å². The zero-order valence-corrected chi connectivity index (χ0v) is 10.6. The predicted molar refractivity (Wildman–Crippen MR) is 67.6 cm³/mol. The Bertz CT molecular complexity index is 428. The van der Waals surface area contributed by atoms with Gasteiger partial charge in [0.05, 0.1) is 12.7 Å². The van der Waals surface area contributed by atoms with Crippen molar-refractivity contribution in [2.45, 2.75) is 19.3 Å². The van der Waals surface area contributed by atoms with E-state index in [1.165, 1.54) is 26.0 Å². The van der Waals surface area contributed by atoms with E-state index in [1.807, 2.05) is 0 Å². The molecule has 1 aliphatic heterocycles. The number of carbonyl (C=O) groups is 1. The maximum absolute atomic E-state index is 13.7. The third-order valence-corrected chi connectivity index (χ3v) is 3.33.